The van der Waals surface area contributed by atoms with Gasteiger partial charge in [0.1, 0.15) is 5.69 Å². The summed E-state index contributed by atoms with van der Waals surface area (Å²) < 4.78 is 0. The fourth-order valence-electron chi connectivity index (χ4n) is 3.23. The van der Waals surface area contributed by atoms with E-state index in [9.17, 15) is 4.79 Å². The molecular weight excluding hydrogens is 306 g/mol. The van der Waals surface area contributed by atoms with Crippen molar-refractivity contribution in [2.75, 3.05) is 0 Å². The van der Waals surface area contributed by atoms with E-state index in [1.54, 1.807) is 0 Å². The predicted octanol–water partition coefficient (Wildman–Crippen LogP) is 5.96. The van der Waals surface area contributed by atoms with Crippen LogP contribution in [0.15, 0.2) is 66.7 Å². The SMILES string of the molecule is CC.O=C1CCCc2c(-c3ccccc3)cc(-c3ccccc3)nc21. The van der Waals surface area contributed by atoms with Gasteiger partial charge in [-0.15, -0.1) is 0 Å². The Morgan fingerprint density at radius 2 is 1.40 bits per heavy atom. The van der Waals surface area contributed by atoms with Gasteiger partial charge in [-0.25, -0.2) is 4.98 Å². The number of aromatic nitrogens is 1. The summed E-state index contributed by atoms with van der Waals surface area (Å²) in [5, 5.41) is 0. The van der Waals surface area contributed by atoms with E-state index in [2.05, 4.69) is 18.2 Å². The molecule has 2 nitrogen and oxygen atoms in total. The third-order valence-electron chi connectivity index (χ3n) is 4.37. The number of pyridine rings is 1. The molecule has 0 saturated heterocycles. The fraction of sp³-hybridized carbons (Fsp3) is 0.217. The average molecular weight is 329 g/mol. The number of ketones is 1. The van der Waals surface area contributed by atoms with Crippen molar-refractivity contribution in [3.05, 3.63) is 78.0 Å². The summed E-state index contributed by atoms with van der Waals surface area (Å²) in [4.78, 5) is 17.1. The van der Waals surface area contributed by atoms with Crippen LogP contribution in [0.3, 0.4) is 0 Å². The van der Waals surface area contributed by atoms with Crippen LogP contribution in [-0.4, -0.2) is 10.8 Å². The lowest BCUT2D eigenvalue weighted by Gasteiger charge is -2.19. The first kappa shape index (κ1) is 17.1. The first-order chi connectivity index (χ1) is 12.3. The minimum Gasteiger partial charge on any atom is -0.292 e. The van der Waals surface area contributed by atoms with E-state index in [1.807, 2.05) is 62.4 Å². The molecule has 25 heavy (non-hydrogen) atoms. The maximum Gasteiger partial charge on any atom is 0.181 e. The highest BCUT2D eigenvalue weighted by Gasteiger charge is 2.23. The third-order valence-corrected chi connectivity index (χ3v) is 4.37. The van der Waals surface area contributed by atoms with Gasteiger partial charge in [-0.05, 0) is 35.6 Å². The molecule has 0 N–H and O–H groups in total. The van der Waals surface area contributed by atoms with E-state index < -0.39 is 0 Å². The van der Waals surface area contributed by atoms with Crippen molar-refractivity contribution in [3.63, 3.8) is 0 Å². The second kappa shape index (κ2) is 7.89. The maximum absolute atomic E-state index is 12.4. The van der Waals surface area contributed by atoms with Gasteiger partial charge in [-0.3, -0.25) is 4.79 Å². The van der Waals surface area contributed by atoms with Crippen LogP contribution in [0.1, 0.15) is 42.7 Å². The van der Waals surface area contributed by atoms with Crippen molar-refractivity contribution in [3.8, 4) is 22.4 Å². The zero-order valence-electron chi connectivity index (χ0n) is 14.8. The minimum absolute atomic E-state index is 0.168. The molecule has 0 fully saturated rings. The normalized spacial score (nSPS) is 12.8. The first-order valence-electron chi connectivity index (χ1n) is 9.01. The lowest BCUT2D eigenvalue weighted by molar-refractivity contribution is 0.0967. The number of carbonyl (C=O) groups is 1. The molecule has 3 aromatic rings. The zero-order chi connectivity index (χ0) is 17.6. The number of nitrogens with zero attached hydrogens (tertiary/aromatic N) is 1. The molecule has 126 valence electrons. The van der Waals surface area contributed by atoms with Crippen LogP contribution in [-0.2, 0) is 6.42 Å². The van der Waals surface area contributed by atoms with E-state index in [0.29, 0.717) is 12.1 Å². The summed E-state index contributed by atoms with van der Waals surface area (Å²) in [5.74, 6) is 0.168. The summed E-state index contributed by atoms with van der Waals surface area (Å²) in [5.41, 5.74) is 5.98. The summed E-state index contributed by atoms with van der Waals surface area (Å²) in [6.07, 6.45) is 2.44. The molecule has 0 aliphatic heterocycles. The Bertz CT molecular complexity index is 854. The number of hydrogen-bond donors (Lipinski definition) is 0. The number of hydrogen-bond acceptors (Lipinski definition) is 2. The largest absolute Gasteiger partial charge is 0.292 e. The van der Waals surface area contributed by atoms with Crippen LogP contribution in [0.4, 0.5) is 0 Å². The topological polar surface area (TPSA) is 30.0 Å². The minimum atomic E-state index is 0.168. The van der Waals surface area contributed by atoms with Gasteiger partial charge < -0.3 is 0 Å². The van der Waals surface area contributed by atoms with Crippen molar-refractivity contribution in [2.45, 2.75) is 33.1 Å². The molecule has 2 heteroatoms. The second-order valence-corrected chi connectivity index (χ2v) is 5.89. The van der Waals surface area contributed by atoms with Crippen LogP contribution in [0.2, 0.25) is 0 Å². The summed E-state index contributed by atoms with van der Waals surface area (Å²) >= 11 is 0. The van der Waals surface area contributed by atoms with Gasteiger partial charge in [0, 0.05) is 12.0 Å². The maximum atomic E-state index is 12.4. The van der Waals surface area contributed by atoms with Gasteiger partial charge in [0.2, 0.25) is 0 Å². The molecule has 1 heterocycles. The van der Waals surface area contributed by atoms with Crippen LogP contribution in [0.25, 0.3) is 22.4 Å². The number of Topliss-reactive ketones (excluding diaryl/α,β-unsaturated/α-hetero) is 1. The molecule has 0 saturated carbocycles. The molecule has 0 radical (unpaired) electrons. The van der Waals surface area contributed by atoms with Crippen molar-refractivity contribution in [1.29, 1.82) is 0 Å². The van der Waals surface area contributed by atoms with E-state index in [1.165, 1.54) is 0 Å². The number of fused-ring (bicyclic) bond motifs is 1. The van der Waals surface area contributed by atoms with Crippen LogP contribution >= 0.6 is 0 Å². The van der Waals surface area contributed by atoms with Gasteiger partial charge in [0.25, 0.3) is 0 Å². The smallest absolute Gasteiger partial charge is 0.181 e. The first-order valence-corrected chi connectivity index (χ1v) is 9.01. The molecule has 0 unspecified atom stereocenters. The fourth-order valence-corrected chi connectivity index (χ4v) is 3.23. The van der Waals surface area contributed by atoms with Crippen LogP contribution < -0.4 is 0 Å². The predicted molar refractivity (Wildman–Crippen MR) is 104 cm³/mol. The van der Waals surface area contributed by atoms with Crippen LogP contribution in [0.5, 0.6) is 0 Å². The lowest BCUT2D eigenvalue weighted by Crippen LogP contribution is -2.15. The Labute approximate surface area is 149 Å². The van der Waals surface area contributed by atoms with Crippen molar-refractivity contribution in [2.24, 2.45) is 0 Å². The molecule has 0 amide bonds. The Morgan fingerprint density at radius 1 is 0.800 bits per heavy atom. The lowest BCUT2D eigenvalue weighted by atomic mass is 9.87. The third kappa shape index (κ3) is 3.53. The highest BCUT2D eigenvalue weighted by molar-refractivity contribution is 5.99. The molecule has 1 aromatic heterocycles. The molecule has 0 spiro atoms. The Morgan fingerprint density at radius 3 is 2.04 bits per heavy atom. The van der Waals surface area contributed by atoms with Crippen molar-refractivity contribution >= 4 is 5.78 Å². The van der Waals surface area contributed by atoms with E-state index in [4.69, 9.17) is 4.98 Å². The van der Waals surface area contributed by atoms with E-state index in [0.717, 1.165) is 40.8 Å². The van der Waals surface area contributed by atoms with Crippen molar-refractivity contribution < 1.29 is 4.79 Å². The molecular formula is C23H23NO. The monoisotopic (exact) mass is 329 g/mol. The van der Waals surface area contributed by atoms with Gasteiger partial charge in [0.05, 0.1) is 5.69 Å². The van der Waals surface area contributed by atoms with Crippen molar-refractivity contribution in [1.82, 2.24) is 4.98 Å². The van der Waals surface area contributed by atoms with Gasteiger partial charge in [-0.1, -0.05) is 74.5 Å². The Kier molecular flexibility index (Phi) is 5.39. The number of benzene rings is 2. The highest BCUT2D eigenvalue weighted by atomic mass is 16.1. The highest BCUT2D eigenvalue weighted by Crippen LogP contribution is 2.34. The Hall–Kier alpha value is -2.74. The zero-order valence-corrected chi connectivity index (χ0v) is 14.8. The average Bonchev–Trinajstić information content (AvgIpc) is 2.70. The molecule has 1 aliphatic carbocycles. The summed E-state index contributed by atoms with van der Waals surface area (Å²) in [7, 11) is 0. The van der Waals surface area contributed by atoms with E-state index in [-0.39, 0.29) is 5.78 Å². The Balaban J connectivity index is 0.000000880. The van der Waals surface area contributed by atoms with E-state index >= 15 is 0 Å². The number of rotatable bonds is 2. The van der Waals surface area contributed by atoms with Gasteiger partial charge in [0.15, 0.2) is 5.78 Å². The van der Waals surface area contributed by atoms with Crippen LogP contribution in [0, 0.1) is 0 Å². The summed E-state index contributed by atoms with van der Waals surface area (Å²) in [6, 6.07) is 22.5. The number of carbonyl (C=O) groups excluding carboxylic acids is 1. The summed E-state index contributed by atoms with van der Waals surface area (Å²) in [6.45, 7) is 4.00. The molecule has 1 aliphatic rings. The molecule has 0 atom stereocenters. The quantitative estimate of drug-likeness (QED) is 0.580. The standard InChI is InChI=1S/C21H17NO.C2H6/c23-20-13-7-12-17-18(15-8-3-1-4-9-15)14-19(22-21(17)20)16-10-5-2-6-11-16;1-2/h1-6,8-11,14H,7,12-13H2;1-2H3. The molecule has 4 rings (SSSR count). The van der Waals surface area contributed by atoms with Gasteiger partial charge in [-0.2, -0.15) is 0 Å². The van der Waals surface area contributed by atoms with Gasteiger partial charge >= 0.3 is 0 Å². The molecule has 0 bridgehead atoms. The molecule has 2 aromatic carbocycles. The second-order valence-electron chi connectivity index (χ2n) is 5.89.